The van der Waals surface area contributed by atoms with Crippen LogP contribution in [0.25, 0.3) is 0 Å². The zero-order valence-electron chi connectivity index (χ0n) is 14.2. The molecule has 8 heteroatoms. The lowest BCUT2D eigenvalue weighted by atomic mass is 9.75. The van der Waals surface area contributed by atoms with Gasteiger partial charge in [0.1, 0.15) is 0 Å². The Morgan fingerprint density at radius 1 is 1.54 bits per heavy atom. The summed E-state index contributed by atoms with van der Waals surface area (Å²) in [6, 6.07) is 0.412. The Labute approximate surface area is 142 Å². The molecule has 3 aliphatic rings. The van der Waals surface area contributed by atoms with Crippen LogP contribution in [0.3, 0.4) is 0 Å². The normalized spacial score (nSPS) is 28.9. The van der Waals surface area contributed by atoms with Crippen molar-refractivity contribution in [2.75, 3.05) is 40.0 Å². The van der Waals surface area contributed by atoms with Crippen molar-refractivity contribution in [2.24, 2.45) is 11.8 Å². The zero-order chi connectivity index (χ0) is 16.9. The minimum Gasteiger partial charge on any atom is -0.396 e. The number of hydrogen-bond donors (Lipinski definition) is 2. The quantitative estimate of drug-likeness (QED) is 0.609. The van der Waals surface area contributed by atoms with Crippen molar-refractivity contribution in [1.29, 1.82) is 0 Å². The third-order valence-corrected chi connectivity index (χ3v) is 5.17. The number of aliphatic hydroxyl groups is 1. The first-order valence-electron chi connectivity index (χ1n) is 8.71. The summed E-state index contributed by atoms with van der Waals surface area (Å²) in [7, 11) is 1.64. The van der Waals surface area contributed by atoms with E-state index in [1.807, 2.05) is 10.9 Å². The van der Waals surface area contributed by atoms with Crippen LogP contribution < -0.4 is 5.32 Å². The van der Waals surface area contributed by atoms with Gasteiger partial charge in [-0.05, 0) is 25.3 Å². The zero-order valence-corrected chi connectivity index (χ0v) is 14.2. The van der Waals surface area contributed by atoms with Gasteiger partial charge in [0, 0.05) is 45.5 Å². The molecule has 134 valence electrons. The predicted octanol–water partition coefficient (Wildman–Crippen LogP) is -0.714. The number of nitrogens with one attached hydrogen (secondary N) is 1. The average molecular weight is 337 g/mol. The Balaban J connectivity index is 1.54. The Morgan fingerprint density at radius 2 is 2.42 bits per heavy atom. The molecule has 1 amide bonds. The highest BCUT2D eigenvalue weighted by Gasteiger charge is 2.43. The van der Waals surface area contributed by atoms with E-state index in [1.165, 1.54) is 0 Å². The molecule has 3 aliphatic heterocycles. The number of carbonyl (C=O) groups is 1. The van der Waals surface area contributed by atoms with Gasteiger partial charge < -0.3 is 15.2 Å². The van der Waals surface area contributed by atoms with E-state index in [2.05, 4.69) is 20.5 Å². The number of ether oxygens (including phenoxy) is 1. The Morgan fingerprint density at radius 3 is 3.12 bits per heavy atom. The van der Waals surface area contributed by atoms with E-state index in [4.69, 9.17) is 9.84 Å². The van der Waals surface area contributed by atoms with E-state index in [9.17, 15) is 4.79 Å². The summed E-state index contributed by atoms with van der Waals surface area (Å²) < 4.78 is 6.85. The molecule has 2 bridgehead atoms. The third-order valence-electron chi connectivity index (χ3n) is 5.17. The number of amides is 1. The molecule has 1 aromatic heterocycles. The van der Waals surface area contributed by atoms with E-state index < -0.39 is 0 Å². The Bertz CT molecular complexity index is 550. The molecule has 0 saturated carbocycles. The third kappa shape index (κ3) is 3.93. The van der Waals surface area contributed by atoms with Gasteiger partial charge in [0.15, 0.2) is 0 Å². The number of rotatable bonds is 8. The summed E-state index contributed by atoms with van der Waals surface area (Å²) in [6.45, 7) is 3.90. The molecule has 1 unspecified atom stereocenters. The number of aliphatic hydroxyl groups excluding tert-OH is 1. The number of nitrogens with zero attached hydrogens (tertiary/aromatic N) is 4. The first-order valence-corrected chi connectivity index (χ1v) is 8.71. The number of methoxy groups -OCH3 is 1. The van der Waals surface area contributed by atoms with Crippen molar-refractivity contribution >= 4 is 5.91 Å². The molecule has 0 aliphatic carbocycles. The average Bonchev–Trinajstić information content (AvgIpc) is 3.03. The molecule has 4 heterocycles. The van der Waals surface area contributed by atoms with Crippen LogP contribution in [0.1, 0.15) is 18.5 Å². The predicted molar refractivity (Wildman–Crippen MR) is 87.3 cm³/mol. The van der Waals surface area contributed by atoms with Crippen molar-refractivity contribution < 1.29 is 14.6 Å². The summed E-state index contributed by atoms with van der Waals surface area (Å²) in [4.78, 5) is 14.8. The molecular weight excluding hydrogens is 310 g/mol. The van der Waals surface area contributed by atoms with Crippen LogP contribution in [-0.4, -0.2) is 76.9 Å². The molecule has 3 saturated heterocycles. The van der Waals surface area contributed by atoms with Crippen LogP contribution in [-0.2, 0) is 22.5 Å². The van der Waals surface area contributed by atoms with E-state index in [0.717, 1.165) is 38.2 Å². The van der Waals surface area contributed by atoms with Crippen molar-refractivity contribution in [2.45, 2.75) is 31.8 Å². The van der Waals surface area contributed by atoms with Gasteiger partial charge in [-0.25, -0.2) is 0 Å². The first-order chi connectivity index (χ1) is 11.7. The molecule has 8 nitrogen and oxygen atoms in total. The molecule has 2 N–H and O–H groups in total. The largest absolute Gasteiger partial charge is 0.396 e. The second-order valence-corrected chi connectivity index (χ2v) is 6.73. The van der Waals surface area contributed by atoms with E-state index in [1.54, 1.807) is 7.11 Å². The van der Waals surface area contributed by atoms with Crippen LogP contribution in [0.2, 0.25) is 0 Å². The second-order valence-electron chi connectivity index (χ2n) is 6.73. The number of aromatic nitrogens is 3. The van der Waals surface area contributed by atoms with E-state index in [-0.39, 0.29) is 18.4 Å². The molecule has 1 aromatic rings. The first kappa shape index (κ1) is 17.3. The van der Waals surface area contributed by atoms with Crippen LogP contribution in [0.15, 0.2) is 6.20 Å². The number of piperidine rings is 3. The van der Waals surface area contributed by atoms with E-state index >= 15 is 0 Å². The van der Waals surface area contributed by atoms with Gasteiger partial charge in [-0.3, -0.25) is 14.4 Å². The SMILES string of the molecule is COCCNC(=O)[C@H]1CN2CC[C@@H]1C[C@@H]2Cn1cc(CCO)nn1. The standard InChI is InChI=1S/C16H27N5O3/c1-24-7-4-17-16(23)15-11-20-5-2-12(15)8-14(20)10-21-9-13(3-6-22)18-19-21/h9,12,14-15,22H,2-8,10-11H2,1H3,(H,17,23)/t12-,14-,15+/m1/s1. The minimum atomic E-state index is 0.0903. The van der Waals surface area contributed by atoms with Crippen molar-refractivity contribution in [3.8, 4) is 0 Å². The molecule has 0 radical (unpaired) electrons. The molecule has 4 rings (SSSR count). The van der Waals surface area contributed by atoms with Crippen molar-refractivity contribution in [1.82, 2.24) is 25.2 Å². The fraction of sp³-hybridized carbons (Fsp3) is 0.812. The van der Waals surface area contributed by atoms with Gasteiger partial charge in [-0.1, -0.05) is 5.21 Å². The summed E-state index contributed by atoms with van der Waals surface area (Å²) in [6.07, 6.45) is 4.57. The fourth-order valence-corrected chi connectivity index (χ4v) is 3.91. The second kappa shape index (κ2) is 8.04. The lowest BCUT2D eigenvalue weighted by Crippen LogP contribution is -2.58. The number of hydrogen-bond acceptors (Lipinski definition) is 6. The monoisotopic (exact) mass is 337 g/mol. The summed E-state index contributed by atoms with van der Waals surface area (Å²) in [5.74, 6) is 0.696. The topological polar surface area (TPSA) is 92.5 Å². The highest BCUT2D eigenvalue weighted by atomic mass is 16.5. The molecule has 0 spiro atoms. The van der Waals surface area contributed by atoms with Gasteiger partial charge >= 0.3 is 0 Å². The Kier molecular flexibility index (Phi) is 5.80. The van der Waals surface area contributed by atoms with E-state index in [0.29, 0.717) is 31.5 Å². The summed E-state index contributed by atoms with van der Waals surface area (Å²) in [5.41, 5.74) is 0.823. The van der Waals surface area contributed by atoms with Crippen LogP contribution >= 0.6 is 0 Å². The molecular formula is C16H27N5O3. The van der Waals surface area contributed by atoms with Gasteiger partial charge in [0.25, 0.3) is 0 Å². The fourth-order valence-electron chi connectivity index (χ4n) is 3.91. The Hall–Kier alpha value is -1.51. The van der Waals surface area contributed by atoms with Crippen LogP contribution in [0.4, 0.5) is 0 Å². The smallest absolute Gasteiger partial charge is 0.224 e. The summed E-state index contributed by atoms with van der Waals surface area (Å²) in [5, 5.41) is 20.2. The minimum absolute atomic E-state index is 0.0903. The van der Waals surface area contributed by atoms with Gasteiger partial charge in [0.2, 0.25) is 5.91 Å². The molecule has 3 fully saturated rings. The molecule has 0 aromatic carbocycles. The maximum absolute atomic E-state index is 12.4. The lowest BCUT2D eigenvalue weighted by Gasteiger charge is -2.49. The molecule has 4 atom stereocenters. The van der Waals surface area contributed by atoms with Crippen molar-refractivity contribution in [3.05, 3.63) is 11.9 Å². The van der Waals surface area contributed by atoms with Crippen LogP contribution in [0.5, 0.6) is 0 Å². The molecule has 24 heavy (non-hydrogen) atoms. The van der Waals surface area contributed by atoms with Crippen molar-refractivity contribution in [3.63, 3.8) is 0 Å². The number of carbonyl (C=O) groups excluding carboxylic acids is 1. The highest BCUT2D eigenvalue weighted by molar-refractivity contribution is 5.79. The van der Waals surface area contributed by atoms with Gasteiger partial charge in [-0.15, -0.1) is 5.10 Å². The van der Waals surface area contributed by atoms with Crippen LogP contribution in [0, 0.1) is 11.8 Å². The summed E-state index contributed by atoms with van der Waals surface area (Å²) >= 11 is 0. The maximum atomic E-state index is 12.4. The van der Waals surface area contributed by atoms with Gasteiger partial charge in [-0.2, -0.15) is 0 Å². The number of fused-ring (bicyclic) bond motifs is 3. The maximum Gasteiger partial charge on any atom is 0.224 e. The van der Waals surface area contributed by atoms with Gasteiger partial charge in [0.05, 0.1) is 24.8 Å². The highest BCUT2D eigenvalue weighted by Crippen LogP contribution is 2.36. The lowest BCUT2D eigenvalue weighted by molar-refractivity contribution is -0.133.